The first-order valence-corrected chi connectivity index (χ1v) is 16.5. The molecule has 11 heteroatoms. The zero-order chi connectivity index (χ0) is 30.5. The van der Waals surface area contributed by atoms with Crippen LogP contribution >= 0.6 is 27.7 Å². The van der Waals surface area contributed by atoms with Gasteiger partial charge in [0.25, 0.3) is 5.91 Å². The first-order valence-electron chi connectivity index (χ1n) is 14.7. The summed E-state index contributed by atoms with van der Waals surface area (Å²) in [7, 11) is 0. The number of rotatable bonds is 10. The molecule has 9 nitrogen and oxygen atoms in total. The van der Waals surface area contributed by atoms with Crippen LogP contribution in [0.4, 0.5) is 0 Å². The summed E-state index contributed by atoms with van der Waals surface area (Å²) < 4.78 is 8.86. The predicted molar refractivity (Wildman–Crippen MR) is 176 cm³/mol. The van der Waals surface area contributed by atoms with Crippen molar-refractivity contribution in [2.75, 3.05) is 32.0 Å². The molecule has 226 valence electrons. The van der Waals surface area contributed by atoms with E-state index >= 15 is 0 Å². The third kappa shape index (κ3) is 6.89. The average Bonchev–Trinajstić information content (AvgIpc) is 3.35. The van der Waals surface area contributed by atoms with Gasteiger partial charge in [-0.1, -0.05) is 76.2 Å². The molecule has 1 aliphatic heterocycles. The van der Waals surface area contributed by atoms with Crippen molar-refractivity contribution >= 4 is 61.6 Å². The van der Waals surface area contributed by atoms with E-state index in [0.717, 1.165) is 26.5 Å². The van der Waals surface area contributed by atoms with Crippen molar-refractivity contribution in [3.05, 3.63) is 88.9 Å². The fourth-order valence-corrected chi connectivity index (χ4v) is 6.51. The number of aromatic nitrogens is 4. The number of thioether (sulfide) groups is 1. The summed E-state index contributed by atoms with van der Waals surface area (Å²) in [6, 6.07) is 25.7. The summed E-state index contributed by atoms with van der Waals surface area (Å²) in [5, 5.41) is 10.6. The lowest BCUT2D eigenvalue weighted by atomic mass is 10.1. The lowest BCUT2D eigenvalue weighted by Gasteiger charge is -2.39. The fourth-order valence-electron chi connectivity index (χ4n) is 5.53. The zero-order valence-electron chi connectivity index (χ0n) is 24.4. The molecular weight excluding hydrogens is 640 g/mol. The molecule has 2 amide bonds. The van der Waals surface area contributed by atoms with E-state index < -0.39 is 0 Å². The van der Waals surface area contributed by atoms with Crippen LogP contribution in [0, 0.1) is 0 Å². The Morgan fingerprint density at radius 1 is 0.955 bits per heavy atom. The molecule has 3 heterocycles. The Morgan fingerprint density at radius 3 is 2.52 bits per heavy atom. The number of ether oxygens (including phenoxy) is 1. The van der Waals surface area contributed by atoms with Gasteiger partial charge in [0, 0.05) is 54.3 Å². The van der Waals surface area contributed by atoms with Crippen LogP contribution in [0.1, 0.15) is 25.3 Å². The van der Waals surface area contributed by atoms with Crippen molar-refractivity contribution in [3.63, 3.8) is 0 Å². The third-order valence-corrected chi connectivity index (χ3v) is 9.23. The van der Waals surface area contributed by atoms with Gasteiger partial charge in [-0.2, -0.15) is 0 Å². The highest BCUT2D eigenvalue weighted by Gasteiger charge is 2.29. The molecule has 44 heavy (non-hydrogen) atoms. The number of halogens is 1. The van der Waals surface area contributed by atoms with Crippen molar-refractivity contribution in [2.24, 2.45) is 0 Å². The van der Waals surface area contributed by atoms with Crippen LogP contribution in [-0.4, -0.2) is 79.4 Å². The summed E-state index contributed by atoms with van der Waals surface area (Å²) in [6.07, 6.45) is 1.13. The van der Waals surface area contributed by atoms with E-state index in [1.807, 2.05) is 66.4 Å². The third-order valence-electron chi connectivity index (χ3n) is 7.78. The molecule has 1 fully saturated rings. The van der Waals surface area contributed by atoms with E-state index in [9.17, 15) is 9.59 Å². The van der Waals surface area contributed by atoms with Gasteiger partial charge < -0.3 is 19.1 Å². The SMILES string of the molecule is CC1CN(C(=O)CCCSc2nnc3c4ccccc4n(Cc4ccc(Br)cc4)c3n2)CCN1C(=O)COc1ccccc1. The number of fused-ring (bicyclic) bond motifs is 3. The quantitative estimate of drug-likeness (QED) is 0.137. The van der Waals surface area contributed by atoms with Gasteiger partial charge in [-0.25, -0.2) is 4.98 Å². The Kier molecular flexibility index (Phi) is 9.42. The topological polar surface area (TPSA) is 93.5 Å². The number of amides is 2. The van der Waals surface area contributed by atoms with E-state index in [4.69, 9.17) is 9.72 Å². The van der Waals surface area contributed by atoms with Crippen molar-refractivity contribution < 1.29 is 14.3 Å². The smallest absolute Gasteiger partial charge is 0.260 e. The second-order valence-corrected chi connectivity index (χ2v) is 12.8. The molecule has 0 saturated carbocycles. The largest absolute Gasteiger partial charge is 0.484 e. The summed E-state index contributed by atoms with van der Waals surface area (Å²) in [4.78, 5) is 34.3. The highest BCUT2D eigenvalue weighted by atomic mass is 79.9. The minimum absolute atomic E-state index is 0.00671. The summed E-state index contributed by atoms with van der Waals surface area (Å²) >= 11 is 5.03. The summed E-state index contributed by atoms with van der Waals surface area (Å²) in [5.74, 6) is 1.42. The number of piperazine rings is 1. The number of hydrogen-bond acceptors (Lipinski definition) is 7. The van der Waals surface area contributed by atoms with Gasteiger partial charge in [-0.3, -0.25) is 9.59 Å². The monoisotopic (exact) mass is 672 g/mol. The maximum atomic E-state index is 13.0. The van der Waals surface area contributed by atoms with Crippen LogP contribution in [0.5, 0.6) is 5.75 Å². The summed E-state index contributed by atoms with van der Waals surface area (Å²) in [6.45, 7) is 4.20. The standard InChI is InChI=1S/C33H33BrN6O3S/c1-23-20-38(17-18-39(23)30(42)22-43-26-8-3-2-4-9-26)29(41)12-7-19-44-33-35-32-31(36-37-33)27-10-5-6-11-28(27)40(32)21-24-13-15-25(34)16-14-24/h2-6,8-11,13-16,23H,7,12,17-22H2,1H3. The Bertz CT molecular complexity index is 1760. The maximum Gasteiger partial charge on any atom is 0.260 e. The first kappa shape index (κ1) is 30.1. The normalized spacial score (nSPS) is 15.2. The van der Waals surface area contributed by atoms with Crippen molar-refractivity contribution in [1.29, 1.82) is 0 Å². The number of benzene rings is 3. The Balaban J connectivity index is 1.02. The van der Waals surface area contributed by atoms with E-state index in [-0.39, 0.29) is 24.5 Å². The van der Waals surface area contributed by atoms with Gasteiger partial charge >= 0.3 is 0 Å². The second kappa shape index (κ2) is 13.8. The Morgan fingerprint density at radius 2 is 1.73 bits per heavy atom. The molecule has 3 aromatic carbocycles. The van der Waals surface area contributed by atoms with E-state index in [2.05, 4.69) is 55.0 Å². The Hall–Kier alpha value is -3.96. The molecule has 1 unspecified atom stereocenters. The van der Waals surface area contributed by atoms with Crippen LogP contribution in [0.3, 0.4) is 0 Å². The van der Waals surface area contributed by atoms with Gasteiger partial charge in [-0.15, -0.1) is 10.2 Å². The zero-order valence-corrected chi connectivity index (χ0v) is 26.8. The second-order valence-electron chi connectivity index (χ2n) is 10.8. The van der Waals surface area contributed by atoms with Crippen LogP contribution in [0.25, 0.3) is 22.1 Å². The van der Waals surface area contributed by atoms with Crippen LogP contribution in [0.15, 0.2) is 88.5 Å². The van der Waals surface area contributed by atoms with E-state index in [0.29, 0.717) is 55.7 Å². The van der Waals surface area contributed by atoms with Crippen molar-refractivity contribution in [1.82, 2.24) is 29.5 Å². The molecule has 0 aliphatic carbocycles. The molecule has 1 saturated heterocycles. The molecule has 0 bridgehead atoms. The molecule has 0 radical (unpaired) electrons. The molecule has 1 aliphatic rings. The van der Waals surface area contributed by atoms with Crippen molar-refractivity contribution in [3.8, 4) is 5.75 Å². The van der Waals surface area contributed by atoms with Crippen LogP contribution in [-0.2, 0) is 16.1 Å². The average molecular weight is 674 g/mol. The maximum absolute atomic E-state index is 13.0. The molecule has 6 rings (SSSR count). The van der Waals surface area contributed by atoms with Crippen LogP contribution < -0.4 is 4.74 Å². The molecule has 0 N–H and O–H groups in total. The molecule has 0 spiro atoms. The number of carbonyl (C=O) groups is 2. The van der Waals surface area contributed by atoms with Gasteiger partial charge in [0.1, 0.15) is 11.3 Å². The minimum Gasteiger partial charge on any atom is -0.484 e. The first-order chi connectivity index (χ1) is 21.5. The van der Waals surface area contributed by atoms with Crippen molar-refractivity contribution in [2.45, 2.75) is 37.5 Å². The lowest BCUT2D eigenvalue weighted by molar-refractivity contribution is -0.143. The fraction of sp³-hybridized carbons (Fsp3) is 0.303. The molecule has 2 aromatic heterocycles. The van der Waals surface area contributed by atoms with E-state index in [1.54, 1.807) is 4.90 Å². The number of hydrogen-bond donors (Lipinski definition) is 0. The lowest BCUT2D eigenvalue weighted by Crippen LogP contribution is -2.56. The minimum atomic E-state index is -0.0654. The molecular formula is C33H33BrN6O3S. The Labute approximate surface area is 268 Å². The van der Waals surface area contributed by atoms with Crippen LogP contribution in [0.2, 0.25) is 0 Å². The van der Waals surface area contributed by atoms with Gasteiger partial charge in [-0.05, 0) is 49.2 Å². The molecule has 5 aromatic rings. The van der Waals surface area contributed by atoms with Gasteiger partial charge in [0.15, 0.2) is 12.3 Å². The highest BCUT2D eigenvalue weighted by molar-refractivity contribution is 9.10. The highest BCUT2D eigenvalue weighted by Crippen LogP contribution is 2.28. The number of nitrogens with zero attached hydrogens (tertiary/aromatic N) is 6. The number of para-hydroxylation sites is 2. The van der Waals surface area contributed by atoms with Gasteiger partial charge in [0.2, 0.25) is 11.1 Å². The van der Waals surface area contributed by atoms with E-state index in [1.165, 1.54) is 17.3 Å². The van der Waals surface area contributed by atoms with Gasteiger partial charge in [0.05, 0.1) is 5.52 Å². The predicted octanol–water partition coefficient (Wildman–Crippen LogP) is 5.80. The molecule has 1 atom stereocenters. The number of carbonyl (C=O) groups excluding carboxylic acids is 2. The summed E-state index contributed by atoms with van der Waals surface area (Å²) in [5.41, 5.74) is 3.83.